The quantitative estimate of drug-likeness (QED) is 0.520. The lowest BCUT2D eigenvalue weighted by atomic mass is 10.1. The Morgan fingerprint density at radius 1 is 1.71 bits per heavy atom. The van der Waals surface area contributed by atoms with Crippen LogP contribution < -0.4 is 0 Å². The second kappa shape index (κ2) is 3.85. The summed E-state index contributed by atoms with van der Waals surface area (Å²) in [5.74, 6) is 0.515. The van der Waals surface area contributed by atoms with Crippen molar-refractivity contribution < 1.29 is 4.79 Å². The molecule has 0 heterocycles. The molecule has 0 amide bonds. The van der Waals surface area contributed by atoms with Gasteiger partial charge >= 0.3 is 0 Å². The van der Waals surface area contributed by atoms with Gasteiger partial charge in [0.25, 0.3) is 0 Å². The lowest BCUT2D eigenvalue weighted by molar-refractivity contribution is 0.551. The minimum absolute atomic E-state index is 0.470. The van der Waals surface area contributed by atoms with E-state index in [1.165, 1.54) is 0 Å². The Bertz CT molecular complexity index is 48.1. The number of hydrogen-bond acceptors (Lipinski definition) is 1. The maximum absolute atomic E-state index is 9.55. The van der Waals surface area contributed by atoms with Gasteiger partial charge in [-0.05, 0) is 12.3 Å². The minimum atomic E-state index is 0.470. The fourth-order valence-corrected chi connectivity index (χ4v) is 0.284. The molecule has 0 atom stereocenters. The zero-order chi connectivity index (χ0) is 5.70. The molecule has 0 aromatic rings. The first kappa shape index (κ1) is 6.67. The molecule has 1 nitrogen and oxygen atoms in total. The predicted octanol–water partition coefficient (Wildman–Crippen LogP) is 1.35. The van der Waals surface area contributed by atoms with Crippen molar-refractivity contribution in [3.8, 4) is 0 Å². The summed E-state index contributed by atoms with van der Waals surface area (Å²) in [5, 5.41) is 0. The van der Waals surface area contributed by atoms with E-state index in [1.54, 1.807) is 6.29 Å². The van der Waals surface area contributed by atoms with Crippen molar-refractivity contribution in [2.75, 3.05) is 0 Å². The van der Waals surface area contributed by atoms with E-state index < -0.39 is 0 Å². The Kier molecular flexibility index (Phi) is 3.67. The lowest BCUT2D eigenvalue weighted by Gasteiger charge is -1.94. The van der Waals surface area contributed by atoms with Crippen LogP contribution in [0.4, 0.5) is 0 Å². The van der Waals surface area contributed by atoms with Crippen LogP contribution in [-0.4, -0.2) is 6.29 Å². The van der Waals surface area contributed by atoms with Gasteiger partial charge in [0, 0.05) is 6.42 Å². The second-order valence-corrected chi connectivity index (χ2v) is 1.83. The van der Waals surface area contributed by atoms with Crippen LogP contribution in [0.25, 0.3) is 0 Å². The number of hydrogen-bond donors (Lipinski definition) is 0. The average molecular weight is 98.1 g/mol. The molecule has 0 saturated carbocycles. The summed E-state index contributed by atoms with van der Waals surface area (Å²) in [7, 11) is 0. The van der Waals surface area contributed by atoms with Gasteiger partial charge in [0.05, 0.1) is 0 Å². The minimum Gasteiger partial charge on any atom is -0.291 e. The van der Waals surface area contributed by atoms with E-state index in [4.69, 9.17) is 0 Å². The maximum Gasteiger partial charge on any atom is 0.198 e. The highest BCUT2D eigenvalue weighted by atomic mass is 16.1. The second-order valence-electron chi connectivity index (χ2n) is 1.83. The fourth-order valence-electron chi connectivity index (χ4n) is 0.284. The van der Waals surface area contributed by atoms with Crippen LogP contribution in [0.5, 0.6) is 0 Å². The van der Waals surface area contributed by atoms with Crippen molar-refractivity contribution >= 4 is 6.29 Å². The molecule has 0 spiro atoms. The third-order valence-electron chi connectivity index (χ3n) is 0.673. The van der Waals surface area contributed by atoms with Crippen LogP contribution in [0.15, 0.2) is 0 Å². The maximum atomic E-state index is 9.55. The van der Waals surface area contributed by atoms with Crippen molar-refractivity contribution in [3.63, 3.8) is 0 Å². The summed E-state index contributed by atoms with van der Waals surface area (Å²) in [6.45, 7) is 4.08. The van der Waals surface area contributed by atoms with Gasteiger partial charge in [-0.25, -0.2) is 0 Å². The van der Waals surface area contributed by atoms with E-state index in [0.717, 1.165) is 0 Å². The van der Waals surface area contributed by atoms with E-state index in [-0.39, 0.29) is 0 Å². The molecular formula is C6H10O. The van der Waals surface area contributed by atoms with Crippen molar-refractivity contribution in [2.24, 2.45) is 5.92 Å². The molecule has 0 unspecified atom stereocenters. The first-order chi connectivity index (χ1) is 3.27. The van der Waals surface area contributed by atoms with E-state index in [0.29, 0.717) is 12.3 Å². The largest absolute Gasteiger partial charge is 0.291 e. The zero-order valence-corrected chi connectivity index (χ0v) is 4.77. The van der Waals surface area contributed by atoms with Crippen molar-refractivity contribution in [1.82, 2.24) is 0 Å². The molecule has 1 heteroatoms. The fraction of sp³-hybridized carbons (Fsp3) is 0.667. The highest BCUT2D eigenvalue weighted by Crippen LogP contribution is 1.97. The Labute approximate surface area is 44.7 Å². The Hall–Kier alpha value is -0.330. The molecule has 0 saturated heterocycles. The highest BCUT2D eigenvalue weighted by Gasteiger charge is 1.90. The van der Waals surface area contributed by atoms with Crippen LogP contribution in [0.2, 0.25) is 0 Å². The van der Waals surface area contributed by atoms with Gasteiger partial charge in [-0.15, -0.1) is 0 Å². The summed E-state index contributed by atoms with van der Waals surface area (Å²) < 4.78 is 0. The predicted molar refractivity (Wildman–Crippen MR) is 29.4 cm³/mol. The molecule has 0 rings (SSSR count). The topological polar surface area (TPSA) is 17.1 Å². The first-order valence-corrected chi connectivity index (χ1v) is 2.45. The molecule has 0 aliphatic rings. The molecule has 40 valence electrons. The molecule has 0 aliphatic carbocycles. The lowest BCUT2D eigenvalue weighted by Crippen LogP contribution is -1.87. The van der Waals surface area contributed by atoms with Gasteiger partial charge in [-0.3, -0.25) is 4.79 Å². The molecular weight excluding hydrogens is 88.1 g/mol. The SMILES string of the molecule is CC(C)[CH]C[C]=O. The number of carbonyl (C=O) groups excluding carboxylic acids is 1. The van der Waals surface area contributed by atoms with E-state index >= 15 is 0 Å². The van der Waals surface area contributed by atoms with Gasteiger partial charge in [-0.2, -0.15) is 0 Å². The van der Waals surface area contributed by atoms with Gasteiger partial charge in [0.2, 0.25) is 0 Å². The Balaban J connectivity index is 2.81. The smallest absolute Gasteiger partial charge is 0.198 e. The van der Waals surface area contributed by atoms with Gasteiger partial charge in [-0.1, -0.05) is 13.8 Å². The third kappa shape index (κ3) is 5.67. The van der Waals surface area contributed by atoms with Crippen molar-refractivity contribution in [2.45, 2.75) is 20.3 Å². The summed E-state index contributed by atoms with van der Waals surface area (Å²) in [6.07, 6.45) is 4.19. The van der Waals surface area contributed by atoms with Gasteiger partial charge in [0.15, 0.2) is 6.29 Å². The average Bonchev–Trinajstić information content (AvgIpc) is 1.61. The molecule has 0 aliphatic heterocycles. The molecule has 7 heavy (non-hydrogen) atoms. The van der Waals surface area contributed by atoms with E-state index in [9.17, 15) is 4.79 Å². The van der Waals surface area contributed by atoms with Crippen molar-refractivity contribution in [3.05, 3.63) is 6.42 Å². The summed E-state index contributed by atoms with van der Waals surface area (Å²) in [4.78, 5) is 9.55. The van der Waals surface area contributed by atoms with E-state index in [1.807, 2.05) is 20.3 Å². The van der Waals surface area contributed by atoms with Gasteiger partial charge < -0.3 is 0 Å². The first-order valence-electron chi connectivity index (χ1n) is 2.45. The molecule has 0 aromatic carbocycles. The molecule has 0 N–H and O–H groups in total. The zero-order valence-electron chi connectivity index (χ0n) is 4.77. The third-order valence-corrected chi connectivity index (χ3v) is 0.673. The van der Waals surface area contributed by atoms with Crippen molar-refractivity contribution in [1.29, 1.82) is 0 Å². The van der Waals surface area contributed by atoms with Crippen LogP contribution in [0.3, 0.4) is 0 Å². The van der Waals surface area contributed by atoms with Gasteiger partial charge in [0.1, 0.15) is 0 Å². The van der Waals surface area contributed by atoms with Crippen LogP contribution in [0.1, 0.15) is 20.3 Å². The van der Waals surface area contributed by atoms with Crippen LogP contribution in [0, 0.1) is 12.3 Å². The Morgan fingerprint density at radius 3 is 2.43 bits per heavy atom. The highest BCUT2D eigenvalue weighted by molar-refractivity contribution is 5.52. The Morgan fingerprint density at radius 2 is 2.29 bits per heavy atom. The summed E-state index contributed by atoms with van der Waals surface area (Å²) in [5.41, 5.74) is 0. The molecule has 0 fully saturated rings. The summed E-state index contributed by atoms with van der Waals surface area (Å²) in [6, 6.07) is 0. The molecule has 0 aromatic heterocycles. The number of rotatable bonds is 3. The van der Waals surface area contributed by atoms with E-state index in [2.05, 4.69) is 0 Å². The normalized spacial score (nSPS) is 9.57. The monoisotopic (exact) mass is 98.1 g/mol. The summed E-state index contributed by atoms with van der Waals surface area (Å²) >= 11 is 0. The van der Waals surface area contributed by atoms with Crippen LogP contribution >= 0.6 is 0 Å². The van der Waals surface area contributed by atoms with Crippen LogP contribution in [-0.2, 0) is 4.79 Å². The molecule has 2 radical (unpaired) electrons. The molecule has 0 bridgehead atoms. The standard InChI is InChI=1S/C6H10O/c1-6(2)4-3-5-7/h4,6H,3H2,1-2H3.